The normalized spacial score (nSPS) is 10.4. The van der Waals surface area contributed by atoms with Crippen LogP contribution >= 0.6 is 0 Å². The van der Waals surface area contributed by atoms with Crippen molar-refractivity contribution in [1.82, 2.24) is 0 Å². The fourth-order valence-corrected chi connectivity index (χ4v) is 2.62. The van der Waals surface area contributed by atoms with Gasteiger partial charge in [-0.3, -0.25) is 9.59 Å². The van der Waals surface area contributed by atoms with Crippen LogP contribution in [0.25, 0.3) is 10.8 Å². The Balaban J connectivity index is 1.68. The van der Waals surface area contributed by atoms with Crippen LogP contribution in [0.1, 0.15) is 22.8 Å². The lowest BCUT2D eigenvalue weighted by Gasteiger charge is -2.08. The Morgan fingerprint density at radius 3 is 2.36 bits per heavy atom. The highest BCUT2D eigenvalue weighted by Crippen LogP contribution is 2.17. The van der Waals surface area contributed by atoms with Gasteiger partial charge in [0.1, 0.15) is 0 Å². The van der Waals surface area contributed by atoms with E-state index in [-0.39, 0.29) is 18.3 Å². The minimum atomic E-state index is -0.254. The van der Waals surface area contributed by atoms with Crippen LogP contribution < -0.4 is 5.32 Å². The molecule has 1 N–H and O–H groups in total. The fraction of sp³-hybridized carbons (Fsp3) is 0.143. The highest BCUT2D eigenvalue weighted by Gasteiger charge is 2.08. The summed E-state index contributed by atoms with van der Waals surface area (Å²) >= 11 is 0. The van der Waals surface area contributed by atoms with Gasteiger partial charge in [0.25, 0.3) is 5.91 Å². The summed E-state index contributed by atoms with van der Waals surface area (Å²) < 4.78 is 4.92. The topological polar surface area (TPSA) is 55.4 Å². The van der Waals surface area contributed by atoms with Crippen molar-refractivity contribution in [2.24, 2.45) is 0 Å². The maximum atomic E-state index is 12.4. The molecule has 126 valence electrons. The first-order chi connectivity index (χ1) is 12.2. The number of carbonyl (C=O) groups excluding carboxylic acids is 2. The Hall–Kier alpha value is -3.14. The summed E-state index contributed by atoms with van der Waals surface area (Å²) in [5.74, 6) is -0.417. The van der Waals surface area contributed by atoms with E-state index in [0.29, 0.717) is 17.9 Å². The van der Waals surface area contributed by atoms with E-state index in [1.54, 1.807) is 19.1 Å². The Labute approximate surface area is 146 Å². The summed E-state index contributed by atoms with van der Waals surface area (Å²) in [7, 11) is 0. The predicted octanol–water partition coefficient (Wildman–Crippen LogP) is 4.20. The number of fused-ring (bicyclic) bond motifs is 1. The zero-order valence-electron chi connectivity index (χ0n) is 14.0. The number of hydrogen-bond donors (Lipinski definition) is 1. The minimum absolute atomic E-state index is 0.163. The van der Waals surface area contributed by atoms with E-state index in [4.69, 9.17) is 4.74 Å². The lowest BCUT2D eigenvalue weighted by molar-refractivity contribution is -0.142. The first kappa shape index (κ1) is 16.7. The van der Waals surface area contributed by atoms with E-state index in [9.17, 15) is 9.59 Å². The highest BCUT2D eigenvalue weighted by molar-refractivity contribution is 6.06. The van der Waals surface area contributed by atoms with E-state index in [1.807, 2.05) is 54.6 Å². The standard InChI is InChI=1S/C21H19NO3/c1-2-25-20(23)13-15-7-11-19(12-8-15)22-21(24)18-10-9-16-5-3-4-6-17(16)14-18/h3-12,14H,2,13H2,1H3,(H,22,24). The number of anilines is 1. The third-order valence-corrected chi connectivity index (χ3v) is 3.88. The van der Waals surface area contributed by atoms with Crippen LogP contribution in [0.15, 0.2) is 66.7 Å². The molecule has 4 nitrogen and oxygen atoms in total. The van der Waals surface area contributed by atoms with Crippen molar-refractivity contribution in [3.63, 3.8) is 0 Å². The number of amides is 1. The summed E-state index contributed by atoms with van der Waals surface area (Å²) in [5.41, 5.74) is 2.14. The van der Waals surface area contributed by atoms with Gasteiger partial charge in [-0.15, -0.1) is 0 Å². The van der Waals surface area contributed by atoms with Crippen molar-refractivity contribution < 1.29 is 14.3 Å². The molecule has 0 atom stereocenters. The van der Waals surface area contributed by atoms with E-state index >= 15 is 0 Å². The molecule has 0 fully saturated rings. The average Bonchev–Trinajstić information content (AvgIpc) is 2.63. The third-order valence-electron chi connectivity index (χ3n) is 3.88. The first-order valence-corrected chi connectivity index (χ1v) is 8.20. The van der Waals surface area contributed by atoms with Crippen molar-refractivity contribution in [1.29, 1.82) is 0 Å². The van der Waals surface area contributed by atoms with Crippen molar-refractivity contribution >= 4 is 28.3 Å². The lowest BCUT2D eigenvalue weighted by Crippen LogP contribution is -2.12. The molecule has 25 heavy (non-hydrogen) atoms. The Morgan fingerprint density at radius 2 is 1.64 bits per heavy atom. The van der Waals surface area contributed by atoms with Gasteiger partial charge in [-0.1, -0.05) is 42.5 Å². The molecule has 0 radical (unpaired) electrons. The summed E-state index contributed by atoms with van der Waals surface area (Å²) in [4.78, 5) is 23.9. The Bertz CT molecular complexity index is 900. The van der Waals surface area contributed by atoms with Crippen molar-refractivity contribution in [2.45, 2.75) is 13.3 Å². The molecule has 0 aliphatic rings. The van der Waals surface area contributed by atoms with E-state index in [2.05, 4.69) is 5.32 Å². The van der Waals surface area contributed by atoms with Crippen LogP contribution in [0.5, 0.6) is 0 Å². The van der Waals surface area contributed by atoms with Crippen molar-refractivity contribution in [2.75, 3.05) is 11.9 Å². The molecule has 4 heteroatoms. The van der Waals surface area contributed by atoms with Crippen LogP contribution in [0, 0.1) is 0 Å². The molecule has 3 aromatic rings. The number of benzene rings is 3. The van der Waals surface area contributed by atoms with Gasteiger partial charge in [-0.25, -0.2) is 0 Å². The molecule has 0 bridgehead atoms. The van der Waals surface area contributed by atoms with Gasteiger partial charge in [0.2, 0.25) is 0 Å². The molecular weight excluding hydrogens is 314 g/mol. The predicted molar refractivity (Wildman–Crippen MR) is 98.7 cm³/mol. The number of carbonyl (C=O) groups is 2. The third kappa shape index (κ3) is 4.23. The second-order valence-corrected chi connectivity index (χ2v) is 5.69. The molecular formula is C21H19NO3. The van der Waals surface area contributed by atoms with Crippen molar-refractivity contribution in [3.05, 3.63) is 77.9 Å². The van der Waals surface area contributed by atoms with Gasteiger partial charge in [0.15, 0.2) is 0 Å². The largest absolute Gasteiger partial charge is 0.466 e. The summed E-state index contributed by atoms with van der Waals surface area (Å²) in [5, 5.41) is 5.00. The van der Waals surface area contributed by atoms with E-state index in [1.165, 1.54) is 0 Å². The Kier molecular flexibility index (Phi) is 5.09. The molecule has 0 saturated heterocycles. The summed E-state index contributed by atoms with van der Waals surface area (Å²) in [6, 6.07) is 20.7. The maximum absolute atomic E-state index is 12.4. The highest BCUT2D eigenvalue weighted by atomic mass is 16.5. The quantitative estimate of drug-likeness (QED) is 0.712. The number of rotatable bonds is 5. The second-order valence-electron chi connectivity index (χ2n) is 5.69. The van der Waals surface area contributed by atoms with Crippen LogP contribution in [0.2, 0.25) is 0 Å². The maximum Gasteiger partial charge on any atom is 0.310 e. The van der Waals surface area contributed by atoms with Gasteiger partial charge in [-0.2, -0.15) is 0 Å². The molecule has 3 rings (SSSR count). The molecule has 0 heterocycles. The van der Waals surface area contributed by atoms with E-state index in [0.717, 1.165) is 16.3 Å². The molecule has 0 aromatic heterocycles. The monoisotopic (exact) mass is 333 g/mol. The molecule has 1 amide bonds. The van der Waals surface area contributed by atoms with Crippen LogP contribution in [0.4, 0.5) is 5.69 Å². The SMILES string of the molecule is CCOC(=O)Cc1ccc(NC(=O)c2ccc3ccccc3c2)cc1. The van der Waals surface area contributed by atoms with Crippen LogP contribution in [0.3, 0.4) is 0 Å². The molecule has 0 aliphatic carbocycles. The average molecular weight is 333 g/mol. The van der Waals surface area contributed by atoms with Gasteiger partial charge in [-0.05, 0) is 47.5 Å². The molecule has 3 aromatic carbocycles. The Morgan fingerprint density at radius 1 is 0.920 bits per heavy atom. The molecule has 0 spiro atoms. The molecule has 0 unspecified atom stereocenters. The van der Waals surface area contributed by atoms with Gasteiger partial charge in [0.05, 0.1) is 13.0 Å². The number of hydrogen-bond acceptors (Lipinski definition) is 3. The molecule has 0 aliphatic heterocycles. The van der Waals surface area contributed by atoms with Gasteiger partial charge in [0, 0.05) is 11.3 Å². The fourth-order valence-electron chi connectivity index (χ4n) is 2.62. The number of ether oxygens (including phenoxy) is 1. The zero-order chi connectivity index (χ0) is 17.6. The summed E-state index contributed by atoms with van der Waals surface area (Å²) in [6.45, 7) is 2.15. The van der Waals surface area contributed by atoms with E-state index < -0.39 is 0 Å². The smallest absolute Gasteiger partial charge is 0.310 e. The van der Waals surface area contributed by atoms with Crippen molar-refractivity contribution in [3.8, 4) is 0 Å². The van der Waals surface area contributed by atoms with Crippen LogP contribution in [-0.2, 0) is 16.0 Å². The lowest BCUT2D eigenvalue weighted by atomic mass is 10.1. The second kappa shape index (κ2) is 7.62. The number of nitrogens with one attached hydrogen (secondary N) is 1. The first-order valence-electron chi connectivity index (χ1n) is 8.20. The summed E-state index contributed by atoms with van der Waals surface area (Å²) in [6.07, 6.45) is 0.229. The van der Waals surface area contributed by atoms with Gasteiger partial charge >= 0.3 is 5.97 Å². The van der Waals surface area contributed by atoms with Gasteiger partial charge < -0.3 is 10.1 Å². The number of esters is 1. The van der Waals surface area contributed by atoms with Crippen LogP contribution in [-0.4, -0.2) is 18.5 Å². The molecule has 0 saturated carbocycles. The minimum Gasteiger partial charge on any atom is -0.466 e. The zero-order valence-corrected chi connectivity index (χ0v) is 14.0.